The quantitative estimate of drug-likeness (QED) is 0.715. The molecule has 0 radical (unpaired) electrons. The van der Waals surface area contributed by atoms with Crippen LogP contribution in [-0.4, -0.2) is 29.2 Å². The summed E-state index contributed by atoms with van der Waals surface area (Å²) < 4.78 is 1.07. The lowest BCUT2D eigenvalue weighted by molar-refractivity contribution is -0.122. The molecular weight excluding hydrogens is 377 g/mol. The van der Waals surface area contributed by atoms with Gasteiger partial charge in [0.2, 0.25) is 0 Å². The summed E-state index contributed by atoms with van der Waals surface area (Å²) in [6.07, 6.45) is 5.81. The Morgan fingerprint density at radius 2 is 2.05 bits per heavy atom. The monoisotopic (exact) mass is 397 g/mol. The summed E-state index contributed by atoms with van der Waals surface area (Å²) >= 11 is 2.23. The third kappa shape index (κ3) is 3.15. The molecule has 1 aliphatic carbocycles. The first-order valence-corrected chi connectivity index (χ1v) is 8.84. The van der Waals surface area contributed by atoms with Crippen LogP contribution in [0.3, 0.4) is 0 Å². The van der Waals surface area contributed by atoms with E-state index in [-0.39, 0.29) is 17.9 Å². The highest BCUT2D eigenvalue weighted by Gasteiger charge is 2.38. The van der Waals surface area contributed by atoms with E-state index < -0.39 is 0 Å². The molecule has 0 spiro atoms. The Labute approximate surface area is 139 Å². The van der Waals surface area contributed by atoms with Crippen molar-refractivity contribution in [1.29, 1.82) is 0 Å². The molecule has 2 atom stereocenters. The Morgan fingerprint density at radius 1 is 1.19 bits per heavy atom. The molecule has 1 saturated carbocycles. The van der Waals surface area contributed by atoms with Crippen LogP contribution in [0.5, 0.6) is 0 Å². The van der Waals surface area contributed by atoms with E-state index in [0.717, 1.165) is 47.8 Å². The Kier molecular flexibility index (Phi) is 4.62. The van der Waals surface area contributed by atoms with E-state index in [9.17, 15) is 9.59 Å². The average molecular weight is 397 g/mol. The molecule has 4 heteroatoms. The summed E-state index contributed by atoms with van der Waals surface area (Å²) in [6, 6.07) is 7.86. The molecule has 0 aromatic heterocycles. The van der Waals surface area contributed by atoms with Gasteiger partial charge >= 0.3 is 0 Å². The lowest BCUT2D eigenvalue weighted by Gasteiger charge is -2.38. The molecule has 112 valence electrons. The molecule has 1 saturated heterocycles. The van der Waals surface area contributed by atoms with Crippen LogP contribution in [0.15, 0.2) is 24.3 Å². The molecule has 0 bridgehead atoms. The van der Waals surface area contributed by atoms with Gasteiger partial charge in [-0.25, -0.2) is 0 Å². The van der Waals surface area contributed by atoms with Crippen molar-refractivity contribution in [2.45, 2.75) is 44.6 Å². The largest absolute Gasteiger partial charge is 0.335 e. The number of likely N-dealkylation sites (tertiary alicyclic amines) is 1. The van der Waals surface area contributed by atoms with Crippen molar-refractivity contribution in [3.63, 3.8) is 0 Å². The van der Waals surface area contributed by atoms with Gasteiger partial charge in [-0.1, -0.05) is 6.07 Å². The number of amides is 1. The summed E-state index contributed by atoms with van der Waals surface area (Å²) in [5.41, 5.74) is 0.749. The van der Waals surface area contributed by atoms with Crippen molar-refractivity contribution < 1.29 is 9.59 Å². The molecule has 3 nitrogen and oxygen atoms in total. The van der Waals surface area contributed by atoms with Crippen LogP contribution in [0.1, 0.15) is 48.9 Å². The van der Waals surface area contributed by atoms with E-state index in [1.807, 2.05) is 29.2 Å². The van der Waals surface area contributed by atoms with Gasteiger partial charge in [0.1, 0.15) is 5.78 Å². The van der Waals surface area contributed by atoms with Gasteiger partial charge in [0.25, 0.3) is 5.91 Å². The Bertz CT molecular complexity index is 557. The summed E-state index contributed by atoms with van der Waals surface area (Å²) in [5.74, 6) is 0.539. The van der Waals surface area contributed by atoms with Crippen molar-refractivity contribution in [1.82, 2.24) is 4.90 Å². The molecule has 0 N–H and O–H groups in total. The summed E-state index contributed by atoms with van der Waals surface area (Å²) in [4.78, 5) is 26.9. The molecule has 1 amide bonds. The van der Waals surface area contributed by atoms with Gasteiger partial charge in [-0.05, 0) is 72.9 Å². The number of ketones is 1. The summed E-state index contributed by atoms with van der Waals surface area (Å²) in [6.45, 7) is 0.790. The van der Waals surface area contributed by atoms with Crippen molar-refractivity contribution in [2.24, 2.45) is 5.92 Å². The van der Waals surface area contributed by atoms with Crippen LogP contribution in [-0.2, 0) is 4.79 Å². The highest BCUT2D eigenvalue weighted by atomic mass is 127. The van der Waals surface area contributed by atoms with Crippen LogP contribution in [0.4, 0.5) is 0 Å². The van der Waals surface area contributed by atoms with Crippen LogP contribution in [0, 0.1) is 9.49 Å². The first-order chi connectivity index (χ1) is 10.2. The van der Waals surface area contributed by atoms with E-state index in [1.165, 1.54) is 0 Å². The SMILES string of the molecule is O=C1CCCC1C1CCCCN1C(=O)c1cccc(I)c1. The number of Topliss-reactive ketones (excluding diaryl/α,β-unsaturated/α-hetero) is 1. The van der Waals surface area contributed by atoms with Gasteiger partial charge in [-0.2, -0.15) is 0 Å². The molecule has 1 heterocycles. The zero-order chi connectivity index (χ0) is 14.8. The molecule has 3 rings (SSSR count). The molecule has 1 aliphatic heterocycles. The standard InChI is InChI=1S/C17H20INO2/c18-13-6-3-5-12(11-13)17(21)19-10-2-1-8-15(19)14-7-4-9-16(14)20/h3,5-6,11,14-15H,1-2,4,7-10H2. The van der Waals surface area contributed by atoms with Crippen LogP contribution >= 0.6 is 22.6 Å². The summed E-state index contributed by atoms with van der Waals surface area (Å²) in [5, 5.41) is 0. The van der Waals surface area contributed by atoms with Crippen LogP contribution < -0.4 is 0 Å². The highest BCUT2D eigenvalue weighted by Crippen LogP contribution is 2.33. The molecule has 2 aliphatic rings. The topological polar surface area (TPSA) is 37.4 Å². The maximum atomic E-state index is 12.8. The first kappa shape index (κ1) is 15.0. The minimum absolute atomic E-state index is 0.0806. The number of piperidine rings is 1. The minimum atomic E-state index is 0.0806. The number of benzene rings is 1. The number of hydrogen-bond acceptors (Lipinski definition) is 2. The second-order valence-corrected chi connectivity index (χ2v) is 7.28. The fraction of sp³-hybridized carbons (Fsp3) is 0.529. The van der Waals surface area contributed by atoms with Crippen molar-refractivity contribution in [3.05, 3.63) is 33.4 Å². The Morgan fingerprint density at radius 3 is 2.76 bits per heavy atom. The van der Waals surface area contributed by atoms with Gasteiger partial charge in [-0.3, -0.25) is 9.59 Å². The van der Waals surface area contributed by atoms with Gasteiger partial charge in [0.15, 0.2) is 0 Å². The van der Waals surface area contributed by atoms with Crippen molar-refractivity contribution in [3.8, 4) is 0 Å². The van der Waals surface area contributed by atoms with Crippen LogP contribution in [0.25, 0.3) is 0 Å². The number of carbonyl (C=O) groups is 2. The molecule has 21 heavy (non-hydrogen) atoms. The fourth-order valence-electron chi connectivity index (χ4n) is 3.66. The molecule has 2 fully saturated rings. The van der Waals surface area contributed by atoms with E-state index in [4.69, 9.17) is 0 Å². The van der Waals surface area contributed by atoms with E-state index in [1.54, 1.807) is 0 Å². The predicted molar refractivity (Wildman–Crippen MR) is 90.2 cm³/mol. The van der Waals surface area contributed by atoms with E-state index in [0.29, 0.717) is 12.2 Å². The number of rotatable bonds is 2. The molecule has 2 unspecified atom stereocenters. The maximum Gasteiger partial charge on any atom is 0.254 e. The van der Waals surface area contributed by atoms with Gasteiger partial charge in [-0.15, -0.1) is 0 Å². The van der Waals surface area contributed by atoms with E-state index >= 15 is 0 Å². The lowest BCUT2D eigenvalue weighted by atomic mass is 9.88. The lowest BCUT2D eigenvalue weighted by Crippen LogP contribution is -2.48. The Hall–Kier alpha value is -0.910. The second-order valence-electron chi connectivity index (χ2n) is 6.04. The van der Waals surface area contributed by atoms with Gasteiger partial charge in [0.05, 0.1) is 0 Å². The van der Waals surface area contributed by atoms with Crippen molar-refractivity contribution in [2.75, 3.05) is 6.54 Å². The number of nitrogens with zero attached hydrogens (tertiary/aromatic N) is 1. The normalized spacial score (nSPS) is 26.1. The highest BCUT2D eigenvalue weighted by molar-refractivity contribution is 14.1. The smallest absolute Gasteiger partial charge is 0.254 e. The van der Waals surface area contributed by atoms with Crippen LogP contribution in [0.2, 0.25) is 0 Å². The van der Waals surface area contributed by atoms with Crippen molar-refractivity contribution >= 4 is 34.3 Å². The number of carbonyl (C=O) groups excluding carboxylic acids is 2. The molecule has 1 aromatic rings. The molecular formula is C17H20INO2. The van der Waals surface area contributed by atoms with Gasteiger partial charge in [0, 0.05) is 34.1 Å². The summed E-state index contributed by atoms with van der Waals surface area (Å²) in [7, 11) is 0. The fourth-order valence-corrected chi connectivity index (χ4v) is 4.21. The van der Waals surface area contributed by atoms with Gasteiger partial charge < -0.3 is 4.90 Å². The first-order valence-electron chi connectivity index (χ1n) is 7.76. The maximum absolute atomic E-state index is 12.8. The zero-order valence-electron chi connectivity index (χ0n) is 12.1. The third-order valence-electron chi connectivity index (χ3n) is 4.70. The third-order valence-corrected chi connectivity index (χ3v) is 5.37. The van der Waals surface area contributed by atoms with E-state index in [2.05, 4.69) is 22.6 Å². The average Bonchev–Trinajstić information content (AvgIpc) is 2.92. The predicted octanol–water partition coefficient (Wildman–Crippen LogP) is 3.66. The number of halogens is 1. The molecule has 1 aromatic carbocycles. The Balaban J connectivity index is 1.83. The number of hydrogen-bond donors (Lipinski definition) is 0. The minimum Gasteiger partial charge on any atom is -0.335 e. The second kappa shape index (κ2) is 6.46. The zero-order valence-corrected chi connectivity index (χ0v) is 14.2.